The minimum atomic E-state index is -0.290. The second kappa shape index (κ2) is 6.75. The molecule has 0 aliphatic heterocycles. The number of esters is 1. The van der Waals surface area contributed by atoms with Crippen LogP contribution < -0.4 is 4.74 Å². The minimum absolute atomic E-state index is 0.177. The Morgan fingerprint density at radius 1 is 1.13 bits per heavy atom. The molecule has 23 heavy (non-hydrogen) atoms. The number of benzene rings is 2. The fourth-order valence-corrected chi connectivity index (χ4v) is 3.15. The van der Waals surface area contributed by atoms with Crippen LogP contribution in [0.4, 0.5) is 0 Å². The Kier molecular flexibility index (Phi) is 4.53. The molecule has 0 saturated carbocycles. The second-order valence-corrected chi connectivity index (χ2v) is 6.29. The van der Waals surface area contributed by atoms with Gasteiger partial charge in [0.2, 0.25) is 0 Å². The van der Waals surface area contributed by atoms with Gasteiger partial charge in [0.1, 0.15) is 10.8 Å². The SMILES string of the molecule is Cc1ccc(OC(=O)Cc2csc(-c3ccccc3)n2)c(C)c1. The molecule has 116 valence electrons. The summed E-state index contributed by atoms with van der Waals surface area (Å²) in [4.78, 5) is 16.6. The summed E-state index contributed by atoms with van der Waals surface area (Å²) in [7, 11) is 0. The highest BCUT2D eigenvalue weighted by atomic mass is 32.1. The van der Waals surface area contributed by atoms with Gasteiger partial charge in [0.15, 0.2) is 0 Å². The third kappa shape index (κ3) is 3.85. The molecule has 0 aliphatic rings. The average Bonchev–Trinajstić information content (AvgIpc) is 2.99. The predicted molar refractivity (Wildman–Crippen MR) is 92.8 cm³/mol. The van der Waals surface area contributed by atoms with E-state index in [-0.39, 0.29) is 12.4 Å². The minimum Gasteiger partial charge on any atom is -0.426 e. The highest BCUT2D eigenvalue weighted by Crippen LogP contribution is 2.24. The summed E-state index contributed by atoms with van der Waals surface area (Å²) in [5.41, 5.74) is 3.91. The van der Waals surface area contributed by atoms with Gasteiger partial charge in [-0.2, -0.15) is 0 Å². The third-order valence-electron chi connectivity index (χ3n) is 3.45. The maximum atomic E-state index is 12.1. The van der Waals surface area contributed by atoms with Crippen LogP contribution in [0.25, 0.3) is 10.6 Å². The van der Waals surface area contributed by atoms with Gasteiger partial charge in [-0.3, -0.25) is 4.79 Å². The zero-order chi connectivity index (χ0) is 16.2. The van der Waals surface area contributed by atoms with Crippen LogP contribution >= 0.6 is 11.3 Å². The third-order valence-corrected chi connectivity index (χ3v) is 4.39. The van der Waals surface area contributed by atoms with Crippen LogP contribution in [-0.2, 0) is 11.2 Å². The molecule has 3 rings (SSSR count). The van der Waals surface area contributed by atoms with Crippen molar-refractivity contribution in [2.45, 2.75) is 20.3 Å². The van der Waals surface area contributed by atoms with Crippen molar-refractivity contribution in [3.63, 3.8) is 0 Å². The highest BCUT2D eigenvalue weighted by molar-refractivity contribution is 7.13. The first-order valence-corrected chi connectivity index (χ1v) is 8.27. The number of carbonyl (C=O) groups excluding carboxylic acids is 1. The second-order valence-electron chi connectivity index (χ2n) is 5.43. The van der Waals surface area contributed by atoms with E-state index < -0.39 is 0 Å². The molecule has 0 spiro atoms. The molecule has 0 amide bonds. The van der Waals surface area contributed by atoms with Crippen molar-refractivity contribution < 1.29 is 9.53 Å². The number of nitrogens with zero attached hydrogens (tertiary/aromatic N) is 1. The Labute approximate surface area is 139 Å². The molecule has 0 atom stereocenters. The van der Waals surface area contributed by atoms with E-state index in [0.29, 0.717) is 5.75 Å². The monoisotopic (exact) mass is 323 g/mol. The summed E-state index contributed by atoms with van der Waals surface area (Å²) in [6.07, 6.45) is 0.177. The van der Waals surface area contributed by atoms with Crippen molar-refractivity contribution in [1.29, 1.82) is 0 Å². The molecule has 3 nitrogen and oxygen atoms in total. The zero-order valence-corrected chi connectivity index (χ0v) is 13.9. The lowest BCUT2D eigenvalue weighted by molar-refractivity contribution is -0.133. The first-order chi connectivity index (χ1) is 11.1. The van der Waals surface area contributed by atoms with E-state index in [4.69, 9.17) is 4.74 Å². The number of thiazole rings is 1. The van der Waals surface area contributed by atoms with Crippen LogP contribution in [0.1, 0.15) is 16.8 Å². The number of carbonyl (C=O) groups is 1. The zero-order valence-electron chi connectivity index (χ0n) is 13.1. The summed E-state index contributed by atoms with van der Waals surface area (Å²) in [5.74, 6) is 0.320. The highest BCUT2D eigenvalue weighted by Gasteiger charge is 2.12. The Balaban J connectivity index is 1.68. The van der Waals surface area contributed by atoms with E-state index in [1.807, 2.05) is 67.8 Å². The Bertz CT molecular complexity index is 824. The predicted octanol–water partition coefficient (Wildman–Crippen LogP) is 4.58. The lowest BCUT2D eigenvalue weighted by Crippen LogP contribution is -2.12. The van der Waals surface area contributed by atoms with Gasteiger partial charge < -0.3 is 4.74 Å². The number of rotatable bonds is 4. The van der Waals surface area contributed by atoms with Crippen LogP contribution in [0, 0.1) is 13.8 Å². The summed E-state index contributed by atoms with van der Waals surface area (Å²) in [5, 5.41) is 2.82. The van der Waals surface area contributed by atoms with Crippen molar-refractivity contribution in [2.75, 3.05) is 0 Å². The Hall–Kier alpha value is -2.46. The number of hydrogen-bond acceptors (Lipinski definition) is 4. The maximum Gasteiger partial charge on any atom is 0.317 e. The number of aryl methyl sites for hydroxylation is 2. The largest absolute Gasteiger partial charge is 0.426 e. The van der Waals surface area contributed by atoms with Crippen LogP contribution in [0.5, 0.6) is 5.75 Å². The van der Waals surface area contributed by atoms with E-state index in [2.05, 4.69) is 4.98 Å². The van der Waals surface area contributed by atoms with Crippen LogP contribution in [0.2, 0.25) is 0 Å². The van der Waals surface area contributed by atoms with Gasteiger partial charge in [0.05, 0.1) is 12.1 Å². The van der Waals surface area contributed by atoms with Crippen molar-refractivity contribution in [3.8, 4) is 16.3 Å². The van der Waals surface area contributed by atoms with E-state index in [1.165, 1.54) is 11.3 Å². The maximum absolute atomic E-state index is 12.1. The van der Waals surface area contributed by atoms with Crippen LogP contribution in [-0.4, -0.2) is 11.0 Å². The molecular formula is C19H17NO2S. The molecule has 1 aromatic heterocycles. The topological polar surface area (TPSA) is 39.2 Å². The summed E-state index contributed by atoms with van der Waals surface area (Å²) in [6, 6.07) is 15.7. The molecule has 0 radical (unpaired) electrons. The Morgan fingerprint density at radius 3 is 2.65 bits per heavy atom. The molecule has 0 N–H and O–H groups in total. The van der Waals surface area contributed by atoms with E-state index >= 15 is 0 Å². The molecule has 0 saturated heterocycles. The summed E-state index contributed by atoms with van der Waals surface area (Å²) < 4.78 is 5.44. The smallest absolute Gasteiger partial charge is 0.317 e. The van der Waals surface area contributed by atoms with Gasteiger partial charge in [0.25, 0.3) is 0 Å². The van der Waals surface area contributed by atoms with E-state index in [1.54, 1.807) is 0 Å². The molecule has 0 unspecified atom stereocenters. The van der Waals surface area contributed by atoms with Crippen LogP contribution in [0.3, 0.4) is 0 Å². The first-order valence-electron chi connectivity index (χ1n) is 7.39. The van der Waals surface area contributed by atoms with Gasteiger partial charge in [0, 0.05) is 10.9 Å². The average molecular weight is 323 g/mol. The molecule has 4 heteroatoms. The van der Waals surface area contributed by atoms with Crippen molar-refractivity contribution in [3.05, 3.63) is 70.7 Å². The van der Waals surface area contributed by atoms with Gasteiger partial charge in [-0.05, 0) is 25.5 Å². The normalized spacial score (nSPS) is 10.5. The van der Waals surface area contributed by atoms with Gasteiger partial charge in [-0.25, -0.2) is 4.98 Å². The molecule has 2 aromatic carbocycles. The summed E-state index contributed by atoms with van der Waals surface area (Å²) in [6.45, 7) is 3.95. The Morgan fingerprint density at radius 2 is 1.91 bits per heavy atom. The molecule has 0 aliphatic carbocycles. The van der Waals surface area contributed by atoms with E-state index in [9.17, 15) is 4.79 Å². The fraction of sp³-hybridized carbons (Fsp3) is 0.158. The standard InChI is InChI=1S/C19H17NO2S/c1-13-8-9-17(14(2)10-13)22-18(21)11-16-12-23-19(20-16)15-6-4-3-5-7-15/h3-10,12H,11H2,1-2H3. The van der Waals surface area contributed by atoms with E-state index in [0.717, 1.165) is 27.4 Å². The van der Waals surface area contributed by atoms with Gasteiger partial charge >= 0.3 is 5.97 Å². The number of hydrogen-bond donors (Lipinski definition) is 0. The fourth-order valence-electron chi connectivity index (χ4n) is 2.32. The van der Waals surface area contributed by atoms with Crippen molar-refractivity contribution in [1.82, 2.24) is 4.98 Å². The summed E-state index contributed by atoms with van der Waals surface area (Å²) >= 11 is 1.54. The molecule has 3 aromatic rings. The lowest BCUT2D eigenvalue weighted by atomic mass is 10.1. The van der Waals surface area contributed by atoms with Crippen molar-refractivity contribution in [2.24, 2.45) is 0 Å². The number of ether oxygens (including phenoxy) is 1. The number of aromatic nitrogens is 1. The van der Waals surface area contributed by atoms with Gasteiger partial charge in [-0.15, -0.1) is 11.3 Å². The molecule has 1 heterocycles. The van der Waals surface area contributed by atoms with Crippen LogP contribution in [0.15, 0.2) is 53.9 Å². The van der Waals surface area contributed by atoms with Crippen molar-refractivity contribution >= 4 is 17.3 Å². The van der Waals surface area contributed by atoms with Gasteiger partial charge in [-0.1, -0.05) is 48.0 Å². The quantitative estimate of drug-likeness (QED) is 0.521. The first kappa shape index (κ1) is 15.4. The molecular weight excluding hydrogens is 306 g/mol. The lowest BCUT2D eigenvalue weighted by Gasteiger charge is -2.07. The molecule has 0 bridgehead atoms. The molecule has 0 fully saturated rings.